The van der Waals surface area contributed by atoms with Gasteiger partial charge in [-0.1, -0.05) is 120 Å². The van der Waals surface area contributed by atoms with Gasteiger partial charge >= 0.3 is 0 Å². The van der Waals surface area contributed by atoms with Gasteiger partial charge in [-0.05, 0) is 112 Å². The number of ether oxygens (including phenoxy) is 1. The first-order valence-electron chi connectivity index (χ1n) is 19.7. The summed E-state index contributed by atoms with van der Waals surface area (Å²) in [6.07, 6.45) is 0. The van der Waals surface area contributed by atoms with Gasteiger partial charge < -0.3 is 19.0 Å². The molecule has 5 heteroatoms. The molecule has 0 aliphatic carbocycles. The first kappa shape index (κ1) is 34.3. The molecule has 0 radical (unpaired) electrons. The first-order chi connectivity index (χ1) is 26.9. The van der Waals surface area contributed by atoms with Crippen molar-refractivity contribution in [3.63, 3.8) is 0 Å². The van der Waals surface area contributed by atoms with Crippen LogP contribution in [0.4, 0.5) is 34.1 Å². The summed E-state index contributed by atoms with van der Waals surface area (Å²) in [6, 6.07) is 52.7. The second-order valence-corrected chi connectivity index (χ2v) is 17.5. The van der Waals surface area contributed by atoms with Crippen LogP contribution in [0.5, 0.6) is 11.5 Å². The molecule has 2 aliphatic rings. The van der Waals surface area contributed by atoms with E-state index in [0.717, 1.165) is 61.6 Å². The van der Waals surface area contributed by atoms with E-state index in [-0.39, 0.29) is 17.5 Å². The van der Waals surface area contributed by atoms with Crippen molar-refractivity contribution in [3.8, 4) is 11.5 Å². The first-order valence-corrected chi connectivity index (χ1v) is 19.7. The van der Waals surface area contributed by atoms with E-state index in [2.05, 4.69) is 204 Å². The zero-order valence-corrected chi connectivity index (χ0v) is 33.1. The second-order valence-electron chi connectivity index (χ2n) is 17.5. The predicted molar refractivity (Wildman–Crippen MR) is 236 cm³/mol. The molecule has 3 heterocycles. The monoisotopic (exact) mass is 728 g/mol. The molecule has 0 spiro atoms. The quantitative estimate of drug-likeness (QED) is 0.169. The van der Waals surface area contributed by atoms with Gasteiger partial charge in [0.2, 0.25) is 0 Å². The number of hydrogen-bond donors (Lipinski definition) is 0. The van der Waals surface area contributed by atoms with Gasteiger partial charge in [0, 0.05) is 51.0 Å². The lowest BCUT2D eigenvalue weighted by molar-refractivity contribution is 0.477. The average molecular weight is 729 g/mol. The molecular formula is C51H45BN2O2. The molecule has 0 atom stereocenters. The molecule has 0 amide bonds. The van der Waals surface area contributed by atoms with E-state index in [1.54, 1.807) is 0 Å². The van der Waals surface area contributed by atoms with E-state index < -0.39 is 0 Å². The second kappa shape index (κ2) is 12.4. The van der Waals surface area contributed by atoms with Crippen LogP contribution in [0.1, 0.15) is 58.2 Å². The van der Waals surface area contributed by atoms with Gasteiger partial charge in [0.1, 0.15) is 11.3 Å². The highest BCUT2D eigenvalue weighted by Crippen LogP contribution is 2.46. The molecule has 8 aromatic rings. The highest BCUT2D eigenvalue weighted by molar-refractivity contribution is 6.99. The van der Waals surface area contributed by atoms with Crippen molar-refractivity contribution in [2.75, 3.05) is 9.80 Å². The molecule has 0 saturated carbocycles. The molecule has 0 N–H and O–H groups in total. The molecule has 56 heavy (non-hydrogen) atoms. The SMILES string of the molecule is Cc1ccc(N2c3ccc(C(C)(C)C)cc3B3c4ccc5c(oc6cc(N(c7ccccc7)c7ccccc7)ccc65)c4Oc4cc(C(C)(C)C)cc2c43)cc1. The van der Waals surface area contributed by atoms with Gasteiger partial charge in [0.15, 0.2) is 11.3 Å². The molecule has 274 valence electrons. The van der Waals surface area contributed by atoms with Gasteiger partial charge in [-0.25, -0.2) is 0 Å². The zero-order valence-electron chi connectivity index (χ0n) is 33.1. The lowest BCUT2D eigenvalue weighted by Gasteiger charge is -2.41. The maximum atomic E-state index is 7.20. The predicted octanol–water partition coefficient (Wildman–Crippen LogP) is 12.4. The summed E-state index contributed by atoms with van der Waals surface area (Å²) in [7, 11) is 0. The molecule has 0 saturated heterocycles. The van der Waals surface area contributed by atoms with Gasteiger partial charge in [-0.2, -0.15) is 0 Å². The van der Waals surface area contributed by atoms with E-state index in [9.17, 15) is 0 Å². The summed E-state index contributed by atoms with van der Waals surface area (Å²) >= 11 is 0. The summed E-state index contributed by atoms with van der Waals surface area (Å²) in [5.41, 5.74) is 15.6. The normalized spacial score (nSPS) is 13.3. The molecule has 10 rings (SSSR count). The largest absolute Gasteiger partial charge is 0.454 e. The number of aryl methyl sites for hydroxylation is 1. The van der Waals surface area contributed by atoms with Crippen molar-refractivity contribution in [3.05, 3.63) is 162 Å². The lowest BCUT2D eigenvalue weighted by atomic mass is 9.34. The van der Waals surface area contributed by atoms with E-state index in [1.165, 1.54) is 39.0 Å². The van der Waals surface area contributed by atoms with Gasteiger partial charge in [-0.15, -0.1) is 0 Å². The molecule has 2 aliphatic heterocycles. The van der Waals surface area contributed by atoms with Gasteiger partial charge in [0.05, 0.1) is 0 Å². The standard InChI is InChI=1S/C51H45BN2O2/c1-32-18-21-37(22-19-32)54-43-27-20-33(50(2,3)4)28-42(43)52-41-26-25-40-39-24-23-38(53(35-14-10-8-11-15-35)36-16-12-9-13-17-36)31-45(39)55-48(40)49(41)56-46-30-34(51(5,6)7)29-44(54)47(46)52/h8-31H,1-7H3. The Bertz CT molecular complexity index is 2770. The number of rotatable bonds is 4. The van der Waals surface area contributed by atoms with Crippen LogP contribution in [0, 0.1) is 6.92 Å². The number of para-hydroxylation sites is 2. The zero-order chi connectivity index (χ0) is 38.5. The van der Waals surface area contributed by atoms with Crippen molar-refractivity contribution in [2.45, 2.75) is 59.3 Å². The van der Waals surface area contributed by atoms with Gasteiger partial charge in [-0.3, -0.25) is 0 Å². The molecule has 0 bridgehead atoms. The summed E-state index contributed by atoms with van der Waals surface area (Å²) in [6.45, 7) is 15.8. The highest BCUT2D eigenvalue weighted by atomic mass is 16.5. The summed E-state index contributed by atoms with van der Waals surface area (Å²) in [5, 5.41) is 2.11. The third kappa shape index (κ3) is 5.44. The third-order valence-electron chi connectivity index (χ3n) is 11.7. The molecule has 1 aromatic heterocycles. The van der Waals surface area contributed by atoms with Crippen molar-refractivity contribution in [1.82, 2.24) is 0 Å². The van der Waals surface area contributed by atoms with Crippen LogP contribution in [-0.2, 0) is 10.8 Å². The topological polar surface area (TPSA) is 28.9 Å². The fourth-order valence-corrected chi connectivity index (χ4v) is 8.64. The molecule has 0 fully saturated rings. The molecule has 0 unspecified atom stereocenters. The number of nitrogens with zero attached hydrogens (tertiary/aromatic N) is 2. The van der Waals surface area contributed by atoms with Crippen LogP contribution in [0.2, 0.25) is 0 Å². The number of hydrogen-bond acceptors (Lipinski definition) is 4. The van der Waals surface area contributed by atoms with E-state index >= 15 is 0 Å². The van der Waals surface area contributed by atoms with Crippen LogP contribution >= 0.6 is 0 Å². The Labute approximate surface area is 330 Å². The van der Waals surface area contributed by atoms with Crippen molar-refractivity contribution < 1.29 is 9.15 Å². The Morgan fingerprint density at radius 1 is 0.554 bits per heavy atom. The van der Waals surface area contributed by atoms with E-state index in [1.807, 2.05) is 0 Å². The minimum atomic E-state index is -0.106. The minimum Gasteiger partial charge on any atom is -0.454 e. The maximum Gasteiger partial charge on any atom is 0.256 e. The summed E-state index contributed by atoms with van der Waals surface area (Å²) in [5.74, 6) is 1.69. The molecule has 4 nitrogen and oxygen atoms in total. The molecular weight excluding hydrogens is 683 g/mol. The van der Waals surface area contributed by atoms with Crippen molar-refractivity contribution >= 4 is 79.2 Å². The Hall–Kier alpha value is -6.20. The number of fused-ring (bicyclic) bond motifs is 8. The van der Waals surface area contributed by atoms with Crippen LogP contribution in [0.3, 0.4) is 0 Å². The minimum absolute atomic E-state index is 0.0231. The van der Waals surface area contributed by atoms with Gasteiger partial charge in [0.25, 0.3) is 6.71 Å². The van der Waals surface area contributed by atoms with E-state index in [4.69, 9.17) is 9.15 Å². The highest BCUT2D eigenvalue weighted by Gasteiger charge is 2.44. The lowest BCUT2D eigenvalue weighted by Crippen LogP contribution is -2.59. The van der Waals surface area contributed by atoms with Crippen LogP contribution in [0.15, 0.2) is 150 Å². The number of benzene rings is 7. The average Bonchev–Trinajstić information content (AvgIpc) is 3.57. The molecule has 7 aromatic carbocycles. The van der Waals surface area contributed by atoms with Crippen LogP contribution < -0.4 is 30.9 Å². The number of anilines is 6. The van der Waals surface area contributed by atoms with Crippen molar-refractivity contribution in [1.29, 1.82) is 0 Å². The Morgan fingerprint density at radius 3 is 1.88 bits per heavy atom. The van der Waals surface area contributed by atoms with Crippen molar-refractivity contribution in [2.24, 2.45) is 0 Å². The fraction of sp³-hybridized carbons (Fsp3) is 0.176. The maximum absolute atomic E-state index is 7.20. The smallest absolute Gasteiger partial charge is 0.256 e. The summed E-state index contributed by atoms with van der Waals surface area (Å²) in [4.78, 5) is 4.72. The summed E-state index contributed by atoms with van der Waals surface area (Å²) < 4.78 is 14.2. The van der Waals surface area contributed by atoms with Crippen LogP contribution in [0.25, 0.3) is 21.9 Å². The third-order valence-corrected chi connectivity index (χ3v) is 11.7. The Morgan fingerprint density at radius 2 is 1.21 bits per heavy atom. The van der Waals surface area contributed by atoms with E-state index in [0.29, 0.717) is 0 Å². The number of furan rings is 1. The Kier molecular flexibility index (Phi) is 7.60. The Balaban J connectivity index is 1.21. The fourth-order valence-electron chi connectivity index (χ4n) is 8.64. The van der Waals surface area contributed by atoms with Crippen LogP contribution in [-0.4, -0.2) is 6.71 Å².